The summed E-state index contributed by atoms with van der Waals surface area (Å²) in [6.45, 7) is 5.30. The number of nitrogens with one attached hydrogen (secondary N) is 1. The molecule has 0 aromatic heterocycles. The van der Waals surface area contributed by atoms with Crippen molar-refractivity contribution in [2.45, 2.75) is 57.7 Å². The highest BCUT2D eigenvalue weighted by Crippen LogP contribution is 2.32. The smallest absolute Gasteiger partial charge is 0.0994 e. The first-order chi connectivity index (χ1) is 9.71. The van der Waals surface area contributed by atoms with Crippen molar-refractivity contribution in [3.63, 3.8) is 0 Å². The van der Waals surface area contributed by atoms with E-state index in [0.29, 0.717) is 18.1 Å². The predicted molar refractivity (Wildman–Crippen MR) is 81.9 cm³/mol. The van der Waals surface area contributed by atoms with Gasteiger partial charge in [0.1, 0.15) is 0 Å². The van der Waals surface area contributed by atoms with Crippen LogP contribution < -0.4 is 10.2 Å². The summed E-state index contributed by atoms with van der Waals surface area (Å²) in [5.74, 6) is 0. The molecule has 2 aliphatic rings. The Balaban J connectivity index is 1.83. The fourth-order valence-corrected chi connectivity index (χ4v) is 3.89. The lowest BCUT2D eigenvalue weighted by atomic mass is 9.97. The quantitative estimate of drug-likeness (QED) is 0.917. The van der Waals surface area contributed by atoms with Gasteiger partial charge < -0.3 is 10.2 Å². The van der Waals surface area contributed by atoms with Crippen molar-refractivity contribution in [1.82, 2.24) is 5.32 Å². The van der Waals surface area contributed by atoms with E-state index >= 15 is 0 Å². The van der Waals surface area contributed by atoms with Gasteiger partial charge in [-0.15, -0.1) is 0 Å². The van der Waals surface area contributed by atoms with Gasteiger partial charge in [0.15, 0.2) is 0 Å². The zero-order valence-corrected chi connectivity index (χ0v) is 12.4. The maximum Gasteiger partial charge on any atom is 0.0994 e. The second-order valence-corrected chi connectivity index (χ2v) is 6.16. The number of nitrogens with zero attached hydrogens (tertiary/aromatic N) is 2. The molecule has 20 heavy (non-hydrogen) atoms. The highest BCUT2D eigenvalue weighted by Gasteiger charge is 2.35. The molecule has 2 fully saturated rings. The molecular weight excluding hydrogens is 246 g/mol. The Morgan fingerprint density at radius 2 is 2.00 bits per heavy atom. The first-order valence-corrected chi connectivity index (χ1v) is 7.74. The largest absolute Gasteiger partial charge is 0.369 e. The van der Waals surface area contributed by atoms with Gasteiger partial charge in [0, 0.05) is 30.4 Å². The van der Waals surface area contributed by atoms with Crippen molar-refractivity contribution < 1.29 is 0 Å². The number of aryl methyl sites for hydroxylation is 1. The minimum Gasteiger partial charge on any atom is -0.369 e. The van der Waals surface area contributed by atoms with Crippen LogP contribution in [0.2, 0.25) is 0 Å². The fraction of sp³-hybridized carbons (Fsp3) is 0.588. The Hall–Kier alpha value is -1.53. The molecule has 2 heterocycles. The third kappa shape index (κ3) is 2.41. The van der Waals surface area contributed by atoms with Gasteiger partial charge in [-0.1, -0.05) is 0 Å². The van der Waals surface area contributed by atoms with E-state index < -0.39 is 0 Å². The molecule has 2 aliphatic heterocycles. The molecule has 0 aliphatic carbocycles. The molecule has 2 saturated heterocycles. The van der Waals surface area contributed by atoms with Gasteiger partial charge in [-0.05, 0) is 63.3 Å². The second kappa shape index (κ2) is 5.46. The zero-order chi connectivity index (χ0) is 14.1. The topological polar surface area (TPSA) is 39.1 Å². The number of fused-ring (bicyclic) bond motifs is 2. The van der Waals surface area contributed by atoms with Crippen LogP contribution in [0, 0.1) is 18.3 Å². The van der Waals surface area contributed by atoms with Gasteiger partial charge in [0.05, 0.1) is 11.6 Å². The number of piperidine rings is 1. The molecule has 2 unspecified atom stereocenters. The minimum atomic E-state index is 0.645. The molecule has 106 valence electrons. The van der Waals surface area contributed by atoms with Gasteiger partial charge in [-0.25, -0.2) is 0 Å². The lowest BCUT2D eigenvalue weighted by Crippen LogP contribution is -2.48. The van der Waals surface area contributed by atoms with E-state index in [1.165, 1.54) is 31.4 Å². The van der Waals surface area contributed by atoms with Crippen LogP contribution in [-0.2, 0) is 0 Å². The van der Waals surface area contributed by atoms with Gasteiger partial charge in [0.25, 0.3) is 0 Å². The van der Waals surface area contributed by atoms with Crippen LogP contribution in [0.25, 0.3) is 0 Å². The number of hydrogen-bond donors (Lipinski definition) is 1. The molecule has 1 aromatic rings. The Bertz CT molecular complexity index is 520. The Labute approximate surface area is 121 Å². The zero-order valence-electron chi connectivity index (χ0n) is 12.4. The lowest BCUT2D eigenvalue weighted by molar-refractivity contribution is 0.349. The second-order valence-electron chi connectivity index (χ2n) is 6.16. The Morgan fingerprint density at radius 3 is 2.55 bits per heavy atom. The molecule has 0 saturated carbocycles. The molecule has 2 bridgehead atoms. The summed E-state index contributed by atoms with van der Waals surface area (Å²) in [7, 11) is 0. The SMILES string of the molecule is CCN(c1ccc(C#N)c(C)c1)C1CC2CCC(C1)N2. The maximum absolute atomic E-state index is 9.06. The van der Waals surface area contributed by atoms with E-state index in [4.69, 9.17) is 5.26 Å². The maximum atomic E-state index is 9.06. The van der Waals surface area contributed by atoms with E-state index in [-0.39, 0.29) is 0 Å². The van der Waals surface area contributed by atoms with Gasteiger partial charge in [-0.3, -0.25) is 0 Å². The normalized spacial score (nSPS) is 28.1. The molecule has 0 radical (unpaired) electrons. The van der Waals surface area contributed by atoms with Crippen LogP contribution >= 0.6 is 0 Å². The van der Waals surface area contributed by atoms with Gasteiger partial charge in [0.2, 0.25) is 0 Å². The molecule has 1 N–H and O–H groups in total. The van der Waals surface area contributed by atoms with Crippen LogP contribution in [0.15, 0.2) is 18.2 Å². The van der Waals surface area contributed by atoms with Crippen molar-refractivity contribution in [1.29, 1.82) is 5.26 Å². The molecule has 2 atom stereocenters. The summed E-state index contributed by atoms with van der Waals surface area (Å²) in [5.41, 5.74) is 3.14. The number of anilines is 1. The molecule has 0 spiro atoms. The first-order valence-electron chi connectivity index (χ1n) is 7.74. The Morgan fingerprint density at radius 1 is 1.30 bits per heavy atom. The number of nitriles is 1. The molecule has 3 nitrogen and oxygen atoms in total. The first kappa shape index (κ1) is 13.5. The van der Waals surface area contributed by atoms with Crippen molar-refractivity contribution in [3.05, 3.63) is 29.3 Å². The standard InChI is InChI=1S/C17H23N3/c1-3-20(16-7-4-13(11-18)12(2)8-16)17-9-14-5-6-15(10-17)19-14/h4,7-8,14-15,17,19H,3,5-6,9-10H2,1-2H3. The fourth-order valence-electron chi connectivity index (χ4n) is 3.89. The monoisotopic (exact) mass is 269 g/mol. The van der Waals surface area contributed by atoms with Crippen molar-refractivity contribution in [2.24, 2.45) is 0 Å². The number of rotatable bonds is 3. The summed E-state index contributed by atoms with van der Waals surface area (Å²) in [4.78, 5) is 2.53. The average Bonchev–Trinajstić information content (AvgIpc) is 2.79. The molecule has 0 amide bonds. The van der Waals surface area contributed by atoms with E-state index in [0.717, 1.165) is 17.7 Å². The summed E-state index contributed by atoms with van der Waals surface area (Å²) in [6.07, 6.45) is 5.18. The van der Waals surface area contributed by atoms with Crippen LogP contribution in [0.4, 0.5) is 5.69 Å². The van der Waals surface area contributed by atoms with E-state index in [1.807, 2.05) is 13.0 Å². The van der Waals surface area contributed by atoms with E-state index in [1.54, 1.807) is 0 Å². The average molecular weight is 269 g/mol. The van der Waals surface area contributed by atoms with E-state index in [9.17, 15) is 0 Å². The molecule has 3 heteroatoms. The number of hydrogen-bond acceptors (Lipinski definition) is 3. The van der Waals surface area contributed by atoms with Crippen molar-refractivity contribution in [3.8, 4) is 6.07 Å². The van der Waals surface area contributed by atoms with Crippen molar-refractivity contribution in [2.75, 3.05) is 11.4 Å². The highest BCUT2D eigenvalue weighted by molar-refractivity contribution is 5.54. The van der Waals surface area contributed by atoms with Crippen molar-refractivity contribution >= 4 is 5.69 Å². The summed E-state index contributed by atoms with van der Waals surface area (Å²) in [6, 6.07) is 10.6. The third-order valence-electron chi connectivity index (χ3n) is 4.89. The van der Waals surface area contributed by atoms with E-state index in [2.05, 4.69) is 35.3 Å². The Kier molecular flexibility index (Phi) is 3.67. The van der Waals surface area contributed by atoms with Crippen LogP contribution in [0.5, 0.6) is 0 Å². The van der Waals surface area contributed by atoms with Crippen LogP contribution in [-0.4, -0.2) is 24.7 Å². The minimum absolute atomic E-state index is 0.645. The summed E-state index contributed by atoms with van der Waals surface area (Å²) in [5, 5.41) is 12.8. The van der Waals surface area contributed by atoms with Gasteiger partial charge >= 0.3 is 0 Å². The summed E-state index contributed by atoms with van der Waals surface area (Å²) < 4.78 is 0. The molecular formula is C17H23N3. The molecule has 1 aromatic carbocycles. The lowest BCUT2D eigenvalue weighted by Gasteiger charge is -2.39. The molecule has 3 rings (SSSR count). The van der Waals surface area contributed by atoms with Crippen LogP contribution in [0.3, 0.4) is 0 Å². The third-order valence-corrected chi connectivity index (χ3v) is 4.89. The van der Waals surface area contributed by atoms with Crippen LogP contribution in [0.1, 0.15) is 43.7 Å². The van der Waals surface area contributed by atoms with Gasteiger partial charge in [-0.2, -0.15) is 5.26 Å². The highest BCUT2D eigenvalue weighted by atomic mass is 15.2. The number of benzene rings is 1. The predicted octanol–water partition coefficient (Wildman–Crippen LogP) is 2.98. The summed E-state index contributed by atoms with van der Waals surface area (Å²) >= 11 is 0.